The molecular formula is C25H32O9. The van der Waals surface area contributed by atoms with Crippen LogP contribution in [0.5, 0.6) is 5.75 Å². The summed E-state index contributed by atoms with van der Waals surface area (Å²) in [5, 5.41) is 0. The van der Waals surface area contributed by atoms with Crippen LogP contribution in [0.25, 0.3) is 0 Å². The third-order valence-corrected chi connectivity index (χ3v) is 7.82. The summed E-state index contributed by atoms with van der Waals surface area (Å²) < 4.78 is 29.2. The van der Waals surface area contributed by atoms with Gasteiger partial charge >= 0.3 is 23.5 Å². The average molecular weight is 477 g/mol. The normalized spacial score (nSPS) is 35.9. The van der Waals surface area contributed by atoms with Crippen LogP contribution < -0.4 is 10.4 Å². The minimum Gasteiger partial charge on any atom is -0.486 e. The van der Waals surface area contributed by atoms with Crippen LogP contribution in [-0.2, 0) is 35.0 Å². The highest BCUT2D eigenvalue weighted by Crippen LogP contribution is 2.62. The second-order valence-electron chi connectivity index (χ2n) is 10.7. The number of fused-ring (bicyclic) bond motifs is 4. The number of esters is 3. The van der Waals surface area contributed by atoms with Gasteiger partial charge < -0.3 is 23.4 Å². The van der Waals surface area contributed by atoms with Crippen LogP contribution in [0.2, 0.25) is 0 Å². The average Bonchev–Trinajstić information content (AvgIpc) is 2.70. The first-order chi connectivity index (χ1) is 15.7. The van der Waals surface area contributed by atoms with E-state index in [1.165, 1.54) is 13.8 Å². The number of cyclic esters (lactones) is 1. The smallest absolute Gasteiger partial charge is 0.342 e. The van der Waals surface area contributed by atoms with E-state index in [-0.39, 0.29) is 18.8 Å². The van der Waals surface area contributed by atoms with Crippen molar-refractivity contribution in [1.29, 1.82) is 0 Å². The Bertz CT molecular complexity index is 1100. The van der Waals surface area contributed by atoms with E-state index in [0.717, 1.165) is 0 Å². The largest absolute Gasteiger partial charge is 0.486 e. The first-order valence-corrected chi connectivity index (χ1v) is 11.6. The van der Waals surface area contributed by atoms with Gasteiger partial charge in [0.15, 0.2) is 0 Å². The fraction of sp³-hybridized carbons (Fsp3) is 0.680. The minimum atomic E-state index is -1.06. The van der Waals surface area contributed by atoms with Crippen molar-refractivity contribution in [3.63, 3.8) is 0 Å². The molecule has 6 unspecified atom stereocenters. The number of carbonyl (C=O) groups is 3. The van der Waals surface area contributed by atoms with Crippen molar-refractivity contribution in [1.82, 2.24) is 0 Å². The molecule has 0 amide bonds. The lowest BCUT2D eigenvalue weighted by Crippen LogP contribution is -2.69. The summed E-state index contributed by atoms with van der Waals surface area (Å²) in [6.07, 6.45) is -1.13. The zero-order valence-electron chi connectivity index (χ0n) is 20.7. The summed E-state index contributed by atoms with van der Waals surface area (Å²) >= 11 is 0. The van der Waals surface area contributed by atoms with Crippen molar-refractivity contribution in [2.24, 2.45) is 17.3 Å². The molecule has 1 saturated heterocycles. The lowest BCUT2D eigenvalue weighted by molar-refractivity contribution is -0.241. The molecular weight excluding hydrogens is 444 g/mol. The molecule has 0 radical (unpaired) electrons. The second kappa shape index (κ2) is 7.85. The van der Waals surface area contributed by atoms with Crippen molar-refractivity contribution in [3.8, 4) is 5.75 Å². The fourth-order valence-electron chi connectivity index (χ4n) is 6.91. The predicted molar refractivity (Wildman–Crippen MR) is 118 cm³/mol. The first kappa shape index (κ1) is 24.3. The Hall–Kier alpha value is -2.84. The molecule has 1 saturated carbocycles. The third kappa shape index (κ3) is 3.79. The molecule has 0 spiro atoms. The van der Waals surface area contributed by atoms with Gasteiger partial charge in [0.05, 0.1) is 12.0 Å². The van der Waals surface area contributed by atoms with Crippen molar-refractivity contribution < 1.29 is 37.7 Å². The summed E-state index contributed by atoms with van der Waals surface area (Å²) in [4.78, 5) is 49.9. The number of carbonyl (C=O) groups excluding carboxylic acids is 3. The quantitative estimate of drug-likeness (QED) is 0.469. The summed E-state index contributed by atoms with van der Waals surface area (Å²) in [5.41, 5.74) is -2.98. The molecule has 1 aromatic heterocycles. The summed E-state index contributed by atoms with van der Waals surface area (Å²) in [6.45, 7) is 11.7. The molecule has 34 heavy (non-hydrogen) atoms. The molecule has 0 bridgehead atoms. The van der Waals surface area contributed by atoms with Gasteiger partial charge in [0.1, 0.15) is 34.9 Å². The highest BCUT2D eigenvalue weighted by atomic mass is 16.6. The summed E-state index contributed by atoms with van der Waals surface area (Å²) in [6, 6.07) is 1.68. The number of hydrogen-bond donors (Lipinski definition) is 0. The highest BCUT2D eigenvalue weighted by Gasteiger charge is 2.69. The molecule has 6 atom stereocenters. The SMILES string of the molecule is CC(=O)OC1CC2(C)Oc3cc(C)oc(=O)c3CC2C2(C)C(OC(C)=O)CC(=O)OC(C)(C)C12. The topological polar surface area (TPSA) is 118 Å². The van der Waals surface area contributed by atoms with Gasteiger partial charge in [-0.05, 0) is 34.1 Å². The third-order valence-electron chi connectivity index (χ3n) is 7.82. The number of rotatable bonds is 2. The van der Waals surface area contributed by atoms with Crippen LogP contribution in [0, 0.1) is 24.2 Å². The lowest BCUT2D eigenvalue weighted by atomic mass is 9.48. The van der Waals surface area contributed by atoms with Crippen molar-refractivity contribution >= 4 is 17.9 Å². The molecule has 186 valence electrons. The summed E-state index contributed by atoms with van der Waals surface area (Å²) in [5.74, 6) is -1.59. The molecule has 2 aliphatic heterocycles. The molecule has 4 rings (SSSR count). The van der Waals surface area contributed by atoms with Crippen molar-refractivity contribution in [2.75, 3.05) is 0 Å². The predicted octanol–water partition coefficient (Wildman–Crippen LogP) is 2.87. The molecule has 2 fully saturated rings. The van der Waals surface area contributed by atoms with Crippen LogP contribution in [0.3, 0.4) is 0 Å². The Labute approximate surface area is 198 Å². The Balaban J connectivity index is 1.97. The van der Waals surface area contributed by atoms with Crippen molar-refractivity contribution in [3.05, 3.63) is 27.8 Å². The van der Waals surface area contributed by atoms with Gasteiger partial charge in [-0.25, -0.2) is 4.79 Å². The maximum atomic E-state index is 12.8. The monoisotopic (exact) mass is 476 g/mol. The molecule has 3 aliphatic rings. The van der Waals surface area contributed by atoms with Gasteiger partial charge in [0.25, 0.3) is 0 Å². The molecule has 1 aliphatic carbocycles. The van der Waals surface area contributed by atoms with E-state index in [0.29, 0.717) is 23.5 Å². The maximum Gasteiger partial charge on any atom is 0.342 e. The number of ether oxygens (including phenoxy) is 4. The standard InChI is InChI=1S/C25H32O9/c1-12-8-16-15(22(29)30-12)9-18-24(6,33-16)11-17(31-13(2)26)21-23(4,5)34-20(28)10-19(25(18,21)7)32-14(3)27/h8,17-19,21H,9-11H2,1-7H3. The molecule has 0 N–H and O–H groups in total. The van der Waals surface area contributed by atoms with Gasteiger partial charge in [-0.3, -0.25) is 14.4 Å². The van der Waals surface area contributed by atoms with Gasteiger partial charge in [-0.15, -0.1) is 0 Å². The molecule has 9 heteroatoms. The van der Waals surface area contributed by atoms with Crippen LogP contribution in [0.4, 0.5) is 0 Å². The van der Waals surface area contributed by atoms with E-state index in [2.05, 4.69) is 0 Å². The molecule has 1 aromatic rings. The zero-order chi connectivity index (χ0) is 25.2. The zero-order valence-corrected chi connectivity index (χ0v) is 20.7. The van der Waals surface area contributed by atoms with Gasteiger partial charge in [-0.1, -0.05) is 6.92 Å². The second-order valence-corrected chi connectivity index (χ2v) is 10.7. The Kier molecular flexibility index (Phi) is 5.61. The lowest BCUT2D eigenvalue weighted by Gasteiger charge is -2.62. The van der Waals surface area contributed by atoms with Crippen LogP contribution >= 0.6 is 0 Å². The maximum absolute atomic E-state index is 12.8. The van der Waals surface area contributed by atoms with Gasteiger partial charge in [-0.2, -0.15) is 0 Å². The van der Waals surface area contributed by atoms with E-state index in [1.54, 1.807) is 26.8 Å². The van der Waals surface area contributed by atoms with Crippen LogP contribution in [0.15, 0.2) is 15.3 Å². The van der Waals surface area contributed by atoms with E-state index in [9.17, 15) is 19.2 Å². The van der Waals surface area contributed by atoms with E-state index < -0.39 is 58.3 Å². The Morgan fingerprint density at radius 2 is 1.65 bits per heavy atom. The first-order valence-electron chi connectivity index (χ1n) is 11.6. The molecule has 9 nitrogen and oxygen atoms in total. The molecule has 3 heterocycles. The summed E-state index contributed by atoms with van der Waals surface area (Å²) in [7, 11) is 0. The van der Waals surface area contributed by atoms with E-state index >= 15 is 0 Å². The van der Waals surface area contributed by atoms with Crippen molar-refractivity contribution in [2.45, 2.75) is 91.1 Å². The van der Waals surface area contributed by atoms with E-state index in [1.807, 2.05) is 13.8 Å². The number of aryl methyl sites for hydroxylation is 1. The molecule has 0 aromatic carbocycles. The van der Waals surface area contributed by atoms with E-state index in [4.69, 9.17) is 23.4 Å². The minimum absolute atomic E-state index is 0.162. The van der Waals surface area contributed by atoms with Gasteiger partial charge in [0, 0.05) is 43.6 Å². The van der Waals surface area contributed by atoms with Crippen LogP contribution in [0.1, 0.15) is 65.7 Å². The Morgan fingerprint density at radius 3 is 2.26 bits per heavy atom. The number of hydrogen-bond acceptors (Lipinski definition) is 9. The Morgan fingerprint density at radius 1 is 1.00 bits per heavy atom. The fourth-order valence-corrected chi connectivity index (χ4v) is 6.91. The van der Waals surface area contributed by atoms with Crippen LogP contribution in [-0.4, -0.2) is 41.3 Å². The highest BCUT2D eigenvalue weighted by molar-refractivity contribution is 5.73. The van der Waals surface area contributed by atoms with Gasteiger partial charge in [0.2, 0.25) is 0 Å².